The minimum atomic E-state index is 0.720. The first-order valence-electron chi connectivity index (χ1n) is 4.44. The SMILES string of the molecule is CCCNc1cc(N)cc(OC)c1. The highest BCUT2D eigenvalue weighted by molar-refractivity contribution is 5.59. The third-order valence-corrected chi connectivity index (χ3v) is 1.74. The maximum Gasteiger partial charge on any atom is 0.122 e. The Morgan fingerprint density at radius 1 is 1.38 bits per heavy atom. The van der Waals surface area contributed by atoms with Crippen LogP contribution in [0.5, 0.6) is 5.75 Å². The van der Waals surface area contributed by atoms with E-state index in [1.165, 1.54) is 0 Å². The Bertz CT molecular complexity index is 274. The topological polar surface area (TPSA) is 47.3 Å². The fraction of sp³-hybridized carbons (Fsp3) is 0.400. The smallest absolute Gasteiger partial charge is 0.122 e. The van der Waals surface area contributed by atoms with Crippen LogP contribution in [0.25, 0.3) is 0 Å². The molecule has 0 saturated heterocycles. The number of nitrogens with one attached hydrogen (secondary N) is 1. The molecule has 1 aromatic rings. The predicted octanol–water partition coefficient (Wildman–Crippen LogP) is 2.10. The number of methoxy groups -OCH3 is 1. The van der Waals surface area contributed by atoms with E-state index in [1.54, 1.807) is 13.2 Å². The van der Waals surface area contributed by atoms with Crippen molar-refractivity contribution in [3.8, 4) is 5.75 Å². The normalized spacial score (nSPS) is 9.69. The van der Waals surface area contributed by atoms with Gasteiger partial charge in [0.15, 0.2) is 0 Å². The van der Waals surface area contributed by atoms with Crippen molar-refractivity contribution in [1.29, 1.82) is 0 Å². The van der Waals surface area contributed by atoms with Crippen LogP contribution in [0.2, 0.25) is 0 Å². The number of nitrogen functional groups attached to an aromatic ring is 1. The summed E-state index contributed by atoms with van der Waals surface area (Å²) in [5, 5.41) is 3.25. The van der Waals surface area contributed by atoms with E-state index in [-0.39, 0.29) is 0 Å². The van der Waals surface area contributed by atoms with E-state index >= 15 is 0 Å². The van der Waals surface area contributed by atoms with E-state index in [2.05, 4.69) is 12.2 Å². The number of benzene rings is 1. The van der Waals surface area contributed by atoms with Gasteiger partial charge in [0.05, 0.1) is 7.11 Å². The van der Waals surface area contributed by atoms with Crippen molar-refractivity contribution < 1.29 is 4.74 Å². The zero-order chi connectivity index (χ0) is 9.68. The molecule has 3 heteroatoms. The van der Waals surface area contributed by atoms with Crippen molar-refractivity contribution in [3.63, 3.8) is 0 Å². The summed E-state index contributed by atoms with van der Waals surface area (Å²) < 4.78 is 5.10. The zero-order valence-corrected chi connectivity index (χ0v) is 8.13. The molecule has 1 rings (SSSR count). The van der Waals surface area contributed by atoms with E-state index in [0.717, 1.165) is 30.1 Å². The van der Waals surface area contributed by atoms with Gasteiger partial charge in [-0.05, 0) is 12.5 Å². The fourth-order valence-corrected chi connectivity index (χ4v) is 1.11. The lowest BCUT2D eigenvalue weighted by Gasteiger charge is -2.08. The van der Waals surface area contributed by atoms with Crippen molar-refractivity contribution in [1.82, 2.24) is 0 Å². The third-order valence-electron chi connectivity index (χ3n) is 1.74. The van der Waals surface area contributed by atoms with Crippen molar-refractivity contribution in [2.75, 3.05) is 24.7 Å². The number of rotatable bonds is 4. The van der Waals surface area contributed by atoms with Crippen LogP contribution in [-0.4, -0.2) is 13.7 Å². The van der Waals surface area contributed by atoms with Crippen molar-refractivity contribution in [2.45, 2.75) is 13.3 Å². The largest absolute Gasteiger partial charge is 0.497 e. The van der Waals surface area contributed by atoms with Gasteiger partial charge >= 0.3 is 0 Å². The molecular formula is C10H16N2O. The predicted molar refractivity (Wildman–Crippen MR) is 56.2 cm³/mol. The van der Waals surface area contributed by atoms with Crippen LogP contribution in [-0.2, 0) is 0 Å². The van der Waals surface area contributed by atoms with Gasteiger partial charge in [0.2, 0.25) is 0 Å². The molecule has 1 aromatic carbocycles. The number of ether oxygens (including phenoxy) is 1. The van der Waals surface area contributed by atoms with E-state index in [1.807, 2.05) is 12.1 Å². The molecule has 0 spiro atoms. The van der Waals surface area contributed by atoms with Gasteiger partial charge in [-0.1, -0.05) is 6.92 Å². The van der Waals surface area contributed by atoms with Crippen LogP contribution in [0.15, 0.2) is 18.2 Å². The molecule has 0 aliphatic rings. The van der Waals surface area contributed by atoms with Crippen LogP contribution in [0.3, 0.4) is 0 Å². The van der Waals surface area contributed by atoms with E-state index in [0.29, 0.717) is 0 Å². The average Bonchev–Trinajstić information content (AvgIpc) is 2.14. The maximum absolute atomic E-state index is 5.69. The lowest BCUT2D eigenvalue weighted by atomic mass is 10.2. The van der Waals surface area contributed by atoms with Crippen molar-refractivity contribution in [2.24, 2.45) is 0 Å². The Hall–Kier alpha value is -1.38. The number of nitrogens with two attached hydrogens (primary N) is 1. The van der Waals surface area contributed by atoms with Crippen molar-refractivity contribution in [3.05, 3.63) is 18.2 Å². The number of anilines is 2. The summed E-state index contributed by atoms with van der Waals surface area (Å²) >= 11 is 0. The first-order valence-corrected chi connectivity index (χ1v) is 4.44. The van der Waals surface area contributed by atoms with Gasteiger partial charge in [-0.15, -0.1) is 0 Å². The summed E-state index contributed by atoms with van der Waals surface area (Å²) in [6.45, 7) is 3.07. The Kier molecular flexibility index (Phi) is 3.43. The highest BCUT2D eigenvalue weighted by atomic mass is 16.5. The second-order valence-corrected chi connectivity index (χ2v) is 2.92. The van der Waals surface area contributed by atoms with E-state index in [9.17, 15) is 0 Å². The molecule has 0 aliphatic carbocycles. The van der Waals surface area contributed by atoms with Gasteiger partial charge in [0.25, 0.3) is 0 Å². The van der Waals surface area contributed by atoms with Gasteiger partial charge in [-0.3, -0.25) is 0 Å². The summed E-state index contributed by atoms with van der Waals surface area (Å²) in [5.41, 5.74) is 7.42. The molecular weight excluding hydrogens is 164 g/mol. The van der Waals surface area contributed by atoms with Gasteiger partial charge in [0.1, 0.15) is 5.75 Å². The summed E-state index contributed by atoms with van der Waals surface area (Å²) in [4.78, 5) is 0. The summed E-state index contributed by atoms with van der Waals surface area (Å²) in [7, 11) is 1.64. The van der Waals surface area contributed by atoms with E-state index < -0.39 is 0 Å². The molecule has 0 bridgehead atoms. The van der Waals surface area contributed by atoms with Crippen LogP contribution in [0, 0.1) is 0 Å². The summed E-state index contributed by atoms with van der Waals surface area (Å²) in [6.07, 6.45) is 1.09. The third kappa shape index (κ3) is 2.86. The lowest BCUT2D eigenvalue weighted by molar-refractivity contribution is 0.415. The lowest BCUT2D eigenvalue weighted by Crippen LogP contribution is -2.00. The van der Waals surface area contributed by atoms with Crippen LogP contribution < -0.4 is 15.8 Å². The molecule has 0 aromatic heterocycles. The molecule has 3 nitrogen and oxygen atoms in total. The molecule has 0 atom stereocenters. The van der Waals surface area contributed by atoms with Crippen LogP contribution in [0.4, 0.5) is 11.4 Å². The minimum Gasteiger partial charge on any atom is -0.497 e. The van der Waals surface area contributed by atoms with Gasteiger partial charge in [0, 0.05) is 30.1 Å². The molecule has 0 amide bonds. The molecule has 13 heavy (non-hydrogen) atoms. The monoisotopic (exact) mass is 180 g/mol. The molecule has 0 unspecified atom stereocenters. The molecule has 0 saturated carbocycles. The molecule has 72 valence electrons. The Balaban J connectivity index is 2.76. The van der Waals surface area contributed by atoms with Crippen LogP contribution >= 0.6 is 0 Å². The Labute approximate surface area is 78.9 Å². The average molecular weight is 180 g/mol. The second-order valence-electron chi connectivity index (χ2n) is 2.92. The van der Waals surface area contributed by atoms with Gasteiger partial charge in [-0.25, -0.2) is 0 Å². The zero-order valence-electron chi connectivity index (χ0n) is 8.13. The highest BCUT2D eigenvalue weighted by Gasteiger charge is 1.97. The van der Waals surface area contributed by atoms with Crippen LogP contribution in [0.1, 0.15) is 13.3 Å². The Morgan fingerprint density at radius 3 is 2.77 bits per heavy atom. The summed E-state index contributed by atoms with van der Waals surface area (Å²) in [5.74, 6) is 0.790. The minimum absolute atomic E-state index is 0.720. The van der Waals surface area contributed by atoms with Gasteiger partial charge in [-0.2, -0.15) is 0 Å². The molecule has 0 heterocycles. The maximum atomic E-state index is 5.69. The number of hydrogen-bond acceptors (Lipinski definition) is 3. The molecule has 0 radical (unpaired) electrons. The number of hydrogen-bond donors (Lipinski definition) is 2. The second kappa shape index (κ2) is 4.60. The highest BCUT2D eigenvalue weighted by Crippen LogP contribution is 2.21. The van der Waals surface area contributed by atoms with Crippen molar-refractivity contribution >= 4 is 11.4 Å². The molecule has 0 fully saturated rings. The standard InChI is InChI=1S/C10H16N2O/c1-3-4-12-9-5-8(11)6-10(7-9)13-2/h5-7,12H,3-4,11H2,1-2H3. The first-order chi connectivity index (χ1) is 6.26. The fourth-order valence-electron chi connectivity index (χ4n) is 1.11. The summed E-state index contributed by atoms with van der Waals surface area (Å²) in [6, 6.07) is 5.64. The Morgan fingerprint density at radius 2 is 2.15 bits per heavy atom. The van der Waals surface area contributed by atoms with Gasteiger partial charge < -0.3 is 15.8 Å². The first kappa shape index (κ1) is 9.71. The molecule has 3 N–H and O–H groups in total. The van der Waals surface area contributed by atoms with E-state index in [4.69, 9.17) is 10.5 Å². The molecule has 0 aliphatic heterocycles. The quantitative estimate of drug-likeness (QED) is 0.697.